The number of amides is 1. The Balaban J connectivity index is 1.54. The lowest BCUT2D eigenvalue weighted by Crippen LogP contribution is -2.36. The molecule has 1 saturated carbocycles. The van der Waals surface area contributed by atoms with Gasteiger partial charge in [-0.25, -0.2) is 0 Å². The van der Waals surface area contributed by atoms with Crippen LogP contribution in [0.4, 0.5) is 5.69 Å². The van der Waals surface area contributed by atoms with E-state index in [9.17, 15) is 4.79 Å². The molecule has 0 bridgehead atoms. The van der Waals surface area contributed by atoms with Crippen molar-refractivity contribution in [2.24, 2.45) is 0 Å². The Morgan fingerprint density at radius 3 is 2.38 bits per heavy atom. The average molecular weight is 407 g/mol. The molecule has 0 spiro atoms. The summed E-state index contributed by atoms with van der Waals surface area (Å²) in [6.45, 7) is 5.33. The van der Waals surface area contributed by atoms with Crippen molar-refractivity contribution in [2.45, 2.75) is 49.6 Å². The van der Waals surface area contributed by atoms with E-state index in [1.54, 1.807) is 0 Å². The number of anilines is 1. The first-order valence-electron chi connectivity index (χ1n) is 10.2. The van der Waals surface area contributed by atoms with Gasteiger partial charge < -0.3 is 9.47 Å². The Morgan fingerprint density at radius 2 is 1.76 bits per heavy atom. The maximum atomic E-state index is 13.1. The second kappa shape index (κ2) is 8.82. The third-order valence-corrected chi connectivity index (χ3v) is 6.22. The van der Waals surface area contributed by atoms with Crippen LogP contribution in [0.5, 0.6) is 0 Å². The summed E-state index contributed by atoms with van der Waals surface area (Å²) in [5.74, 6) is 1.64. The molecule has 1 amide bonds. The highest BCUT2D eigenvalue weighted by Crippen LogP contribution is 2.40. The fourth-order valence-corrected chi connectivity index (χ4v) is 4.36. The molecule has 0 N–H and O–H groups in total. The molecule has 0 unspecified atom stereocenters. The highest BCUT2D eigenvalue weighted by molar-refractivity contribution is 8.00. The van der Waals surface area contributed by atoms with Crippen LogP contribution in [-0.4, -0.2) is 32.5 Å². The largest absolute Gasteiger partial charge is 0.312 e. The van der Waals surface area contributed by atoms with E-state index >= 15 is 0 Å². The molecular weight excluding hydrogens is 380 g/mol. The minimum atomic E-state index is -0.249. The van der Waals surface area contributed by atoms with Gasteiger partial charge in [-0.1, -0.05) is 60.3 Å². The molecule has 0 aliphatic heterocycles. The lowest BCUT2D eigenvalue weighted by atomic mass is 10.2. The highest BCUT2D eigenvalue weighted by Gasteiger charge is 2.32. The van der Waals surface area contributed by atoms with Gasteiger partial charge in [0, 0.05) is 18.2 Å². The molecule has 1 atom stereocenters. The van der Waals surface area contributed by atoms with Gasteiger partial charge >= 0.3 is 0 Å². The van der Waals surface area contributed by atoms with Crippen molar-refractivity contribution >= 4 is 23.4 Å². The second-order valence-electron chi connectivity index (χ2n) is 7.36. The quantitative estimate of drug-likeness (QED) is 0.507. The standard InChI is InChI=1S/C23H26N4OS/c1-3-26(20-12-8-5-9-13-20)22(28)17(2)29-23-25-24-21(19-14-15-19)27(23)16-18-10-6-4-7-11-18/h4-13,17,19H,3,14-16H2,1-2H3/t17-/m0/s1. The monoisotopic (exact) mass is 406 g/mol. The first kappa shape index (κ1) is 19.7. The first-order chi connectivity index (χ1) is 14.2. The number of hydrogen-bond acceptors (Lipinski definition) is 4. The van der Waals surface area contributed by atoms with E-state index in [1.165, 1.54) is 30.2 Å². The van der Waals surface area contributed by atoms with Crippen LogP contribution >= 0.6 is 11.8 Å². The van der Waals surface area contributed by atoms with Gasteiger partial charge in [0.05, 0.1) is 11.8 Å². The maximum Gasteiger partial charge on any atom is 0.240 e. The van der Waals surface area contributed by atoms with Gasteiger partial charge in [-0.05, 0) is 44.4 Å². The van der Waals surface area contributed by atoms with E-state index in [4.69, 9.17) is 0 Å². The number of benzene rings is 2. The zero-order valence-corrected chi connectivity index (χ0v) is 17.7. The fraction of sp³-hybridized carbons (Fsp3) is 0.348. The molecule has 6 heteroatoms. The number of nitrogens with zero attached hydrogens (tertiary/aromatic N) is 4. The number of hydrogen-bond donors (Lipinski definition) is 0. The number of carbonyl (C=O) groups excluding carboxylic acids is 1. The van der Waals surface area contributed by atoms with Crippen LogP contribution < -0.4 is 4.90 Å². The number of para-hydroxylation sites is 1. The third kappa shape index (κ3) is 4.53. The molecule has 3 aromatic rings. The maximum absolute atomic E-state index is 13.1. The Bertz CT molecular complexity index is 954. The van der Waals surface area contributed by atoms with E-state index < -0.39 is 0 Å². The van der Waals surface area contributed by atoms with Crippen molar-refractivity contribution in [3.63, 3.8) is 0 Å². The number of thioether (sulfide) groups is 1. The average Bonchev–Trinajstić information content (AvgIpc) is 3.53. The van der Waals surface area contributed by atoms with E-state index in [-0.39, 0.29) is 11.2 Å². The van der Waals surface area contributed by atoms with Crippen molar-refractivity contribution in [1.29, 1.82) is 0 Å². The molecule has 150 valence electrons. The van der Waals surface area contributed by atoms with Crippen LogP contribution in [0.3, 0.4) is 0 Å². The molecule has 1 fully saturated rings. The Morgan fingerprint density at radius 1 is 1.10 bits per heavy atom. The summed E-state index contributed by atoms with van der Waals surface area (Å²) in [5.41, 5.74) is 2.14. The van der Waals surface area contributed by atoms with E-state index in [0.717, 1.165) is 23.2 Å². The fourth-order valence-electron chi connectivity index (χ4n) is 3.45. The van der Waals surface area contributed by atoms with Gasteiger partial charge in [-0.3, -0.25) is 4.79 Å². The van der Waals surface area contributed by atoms with Crippen LogP contribution in [0.25, 0.3) is 0 Å². The molecule has 1 aromatic heterocycles. The van der Waals surface area contributed by atoms with Gasteiger partial charge in [0.1, 0.15) is 5.82 Å². The molecule has 1 aliphatic carbocycles. The minimum absolute atomic E-state index is 0.0888. The van der Waals surface area contributed by atoms with E-state index in [0.29, 0.717) is 12.5 Å². The summed E-state index contributed by atoms with van der Waals surface area (Å²) < 4.78 is 2.19. The molecule has 1 aliphatic rings. The summed E-state index contributed by atoms with van der Waals surface area (Å²) >= 11 is 1.50. The van der Waals surface area contributed by atoms with Gasteiger partial charge in [0.25, 0.3) is 0 Å². The summed E-state index contributed by atoms with van der Waals surface area (Å²) in [4.78, 5) is 15.0. The van der Waals surface area contributed by atoms with Crippen LogP contribution in [0.1, 0.15) is 44.0 Å². The molecule has 1 heterocycles. The smallest absolute Gasteiger partial charge is 0.240 e. The molecule has 2 aromatic carbocycles. The summed E-state index contributed by atoms with van der Waals surface area (Å²) in [5, 5.41) is 9.51. The molecule has 29 heavy (non-hydrogen) atoms. The van der Waals surface area contributed by atoms with E-state index in [1.807, 2.05) is 55.1 Å². The van der Waals surface area contributed by atoms with Crippen molar-refractivity contribution < 1.29 is 4.79 Å². The molecule has 0 saturated heterocycles. The molecule has 4 rings (SSSR count). The van der Waals surface area contributed by atoms with Crippen molar-refractivity contribution in [3.8, 4) is 0 Å². The normalized spacial score (nSPS) is 14.6. The summed E-state index contributed by atoms with van der Waals surface area (Å²) in [6.07, 6.45) is 2.34. The number of carbonyl (C=O) groups is 1. The predicted molar refractivity (Wildman–Crippen MR) is 117 cm³/mol. The third-order valence-electron chi connectivity index (χ3n) is 5.15. The number of rotatable bonds is 8. The molecule has 0 radical (unpaired) electrons. The molecule has 5 nitrogen and oxygen atoms in total. The Kier molecular flexibility index (Phi) is 6.00. The van der Waals surface area contributed by atoms with Crippen molar-refractivity contribution in [3.05, 3.63) is 72.1 Å². The van der Waals surface area contributed by atoms with Gasteiger partial charge in [-0.2, -0.15) is 0 Å². The van der Waals surface area contributed by atoms with Crippen LogP contribution in [0.15, 0.2) is 65.8 Å². The Labute approximate surface area is 176 Å². The number of aromatic nitrogens is 3. The van der Waals surface area contributed by atoms with Gasteiger partial charge in [-0.15, -0.1) is 10.2 Å². The zero-order chi connectivity index (χ0) is 20.2. The van der Waals surface area contributed by atoms with E-state index in [2.05, 4.69) is 39.0 Å². The minimum Gasteiger partial charge on any atom is -0.312 e. The highest BCUT2D eigenvalue weighted by atomic mass is 32.2. The Hall–Kier alpha value is -2.60. The van der Waals surface area contributed by atoms with Gasteiger partial charge in [0.2, 0.25) is 5.91 Å². The van der Waals surface area contributed by atoms with Crippen LogP contribution in [0, 0.1) is 0 Å². The van der Waals surface area contributed by atoms with Crippen molar-refractivity contribution in [1.82, 2.24) is 14.8 Å². The summed E-state index contributed by atoms with van der Waals surface area (Å²) in [6, 6.07) is 20.2. The van der Waals surface area contributed by atoms with Gasteiger partial charge in [0.15, 0.2) is 5.16 Å². The lowest BCUT2D eigenvalue weighted by molar-refractivity contribution is -0.117. The predicted octanol–water partition coefficient (Wildman–Crippen LogP) is 4.74. The molecular formula is C23H26N4OS. The van der Waals surface area contributed by atoms with Crippen molar-refractivity contribution in [2.75, 3.05) is 11.4 Å². The topological polar surface area (TPSA) is 51.0 Å². The lowest BCUT2D eigenvalue weighted by Gasteiger charge is -2.24. The van der Waals surface area contributed by atoms with Crippen LogP contribution in [0.2, 0.25) is 0 Å². The summed E-state index contributed by atoms with van der Waals surface area (Å²) in [7, 11) is 0. The second-order valence-corrected chi connectivity index (χ2v) is 8.67. The SMILES string of the molecule is CCN(C(=O)[C@H](C)Sc1nnc(C2CC2)n1Cc1ccccc1)c1ccccc1. The zero-order valence-electron chi connectivity index (χ0n) is 16.9. The van der Waals surface area contributed by atoms with Crippen LogP contribution in [-0.2, 0) is 11.3 Å². The first-order valence-corrected chi connectivity index (χ1v) is 11.1.